The van der Waals surface area contributed by atoms with Crippen molar-refractivity contribution in [3.05, 3.63) is 140 Å². The van der Waals surface area contributed by atoms with E-state index in [1.165, 1.54) is 9.36 Å². The van der Waals surface area contributed by atoms with E-state index < -0.39 is 35.0 Å². The molecule has 3 aliphatic rings. The summed E-state index contributed by atoms with van der Waals surface area (Å²) in [6.45, 7) is 24.9. The average molecular weight is 1200 g/mol. The Balaban J connectivity index is 0.000000146. The first-order valence-electron chi connectivity index (χ1n) is 28.9. The monoisotopic (exact) mass is 1200 g/mol. The Morgan fingerprint density at radius 2 is 0.920 bits per heavy atom. The topological polar surface area (TPSA) is 350 Å². The third kappa shape index (κ3) is 13.9. The van der Waals surface area contributed by atoms with Crippen LogP contribution in [-0.2, 0) is 53.1 Å². The number of carbonyl (C=O) groups excluding carboxylic acids is 5. The van der Waals surface area contributed by atoms with Gasteiger partial charge in [-0.15, -0.1) is 5.10 Å². The van der Waals surface area contributed by atoms with Gasteiger partial charge in [-0.25, -0.2) is 19.2 Å². The van der Waals surface area contributed by atoms with Gasteiger partial charge >= 0.3 is 24.2 Å². The summed E-state index contributed by atoms with van der Waals surface area (Å²) < 4.78 is 18.8. The highest BCUT2D eigenvalue weighted by molar-refractivity contribution is 6.09. The first-order valence-corrected chi connectivity index (χ1v) is 28.9. The maximum absolute atomic E-state index is 13.4. The normalized spacial score (nSPS) is 13.9. The number of nitrogen functional groups attached to an aromatic ring is 3. The average Bonchev–Trinajstić information content (AvgIpc) is 2.01. The molecule has 9 heterocycles. The minimum atomic E-state index is -0.885. The summed E-state index contributed by atoms with van der Waals surface area (Å²) in [5.41, 5.74) is 28.2. The molecule has 6 aromatic heterocycles. The molecular weight excluding hydrogens is 1130 g/mol. The fraction of sp³-hybridized carbons (Fsp3) is 0.381. The molecule has 0 spiro atoms. The molecule has 88 heavy (non-hydrogen) atoms. The van der Waals surface area contributed by atoms with E-state index in [0.29, 0.717) is 84.6 Å². The number of aromatic nitrogens is 9. The molecule has 3 aromatic carbocycles. The molecule has 0 saturated heterocycles. The van der Waals surface area contributed by atoms with E-state index in [2.05, 4.69) is 35.3 Å². The summed E-state index contributed by atoms with van der Waals surface area (Å²) in [7, 11) is 0. The van der Waals surface area contributed by atoms with E-state index in [0.717, 1.165) is 78.6 Å². The van der Waals surface area contributed by atoms with Crippen LogP contribution in [0.5, 0.6) is 0 Å². The van der Waals surface area contributed by atoms with Gasteiger partial charge in [-0.2, -0.15) is 19.6 Å². The molecule has 0 radical (unpaired) electrons. The number of nitrogens with two attached hydrogens (primary N) is 3. The number of H-pyrrole nitrogens is 4. The SMILES string of the molecule is CC(C)(C)OC(=O)N1CCc2c(N)n[nH]c2C1.Cc1cc2c(C(=O)O)cccc2[nH]1.Cc1cc2c(C(=O)n3nc(N)c4c3CN(C(=O)OC(C)(C)C)CC4)cccc2[nH]1.Cc1cc2c(C(=O)n3nc4c(c3N)CCN(C(=O)OC(C)(C)C)C4)cccc2[nH]1. The lowest BCUT2D eigenvalue weighted by Crippen LogP contribution is -2.40. The van der Waals surface area contributed by atoms with Gasteiger partial charge < -0.3 is 66.2 Å². The second-order valence-electron chi connectivity index (χ2n) is 25.0. The Hall–Kier alpha value is -10.1. The van der Waals surface area contributed by atoms with Crippen LogP contribution < -0.4 is 17.2 Å². The van der Waals surface area contributed by atoms with Crippen molar-refractivity contribution in [1.29, 1.82) is 0 Å². The Morgan fingerprint density at radius 1 is 0.511 bits per heavy atom. The molecule has 0 aliphatic carbocycles. The fourth-order valence-electron chi connectivity index (χ4n) is 10.6. The number of anilines is 3. The van der Waals surface area contributed by atoms with Gasteiger partial charge in [0.05, 0.1) is 53.4 Å². The van der Waals surface area contributed by atoms with Crippen molar-refractivity contribution in [3.8, 4) is 0 Å². The number of nitrogens with zero attached hydrogens (tertiary/aromatic N) is 8. The van der Waals surface area contributed by atoms with E-state index in [-0.39, 0.29) is 31.0 Å². The molecule has 3 amide bonds. The van der Waals surface area contributed by atoms with Crippen LogP contribution in [-0.4, -0.2) is 137 Å². The zero-order chi connectivity index (χ0) is 63.9. The van der Waals surface area contributed by atoms with Gasteiger partial charge in [0.2, 0.25) is 0 Å². The van der Waals surface area contributed by atoms with Crippen molar-refractivity contribution >= 4 is 86.2 Å². The molecule has 0 atom stereocenters. The molecule has 0 unspecified atom stereocenters. The van der Waals surface area contributed by atoms with Crippen molar-refractivity contribution in [2.75, 3.05) is 36.8 Å². The molecule has 464 valence electrons. The standard InChI is InChI=1S/2C21H25N5O3.C11H18N4O2.C10H9NO2/c1-12-10-15-13(6-5-7-16(15)23-12)19(27)26-17-11-25(20(28)29-21(2,3)4)9-8-14(17)18(22)24-26;1-12-10-15-13(6-5-7-16(15)23-12)19(27)26-18(22)14-8-9-25(11-17(14)24-26)20(28)29-21(2,3)4;1-11(2,3)17-10(16)15-5-4-7-8(6-15)13-14-9(7)12;1-6-5-8-7(10(12)13)3-2-4-9(8)11-6/h5-7,10,23H,8-9,11H2,1-4H3,(H2,22,24);5-7,10,23H,8-9,11,22H2,1-4H3;4-6H2,1-3H3,(H3,12,13,14);2-5,11H,1H3,(H,12,13). The number of carbonyl (C=O) groups is 6. The zero-order valence-corrected chi connectivity index (χ0v) is 51.7. The predicted octanol–water partition coefficient (Wildman–Crippen LogP) is 9.93. The molecule has 11 N–H and O–H groups in total. The molecule has 0 fully saturated rings. The number of aromatic amines is 4. The van der Waals surface area contributed by atoms with Gasteiger partial charge in [0.25, 0.3) is 11.8 Å². The number of aromatic carboxylic acids is 1. The number of amides is 3. The molecule has 9 aromatic rings. The zero-order valence-electron chi connectivity index (χ0n) is 51.7. The summed E-state index contributed by atoms with van der Waals surface area (Å²) in [6, 6.07) is 22.0. The smallest absolute Gasteiger partial charge is 0.410 e. The minimum Gasteiger partial charge on any atom is -0.478 e. The number of carboxylic acids is 1. The number of carboxylic acid groups (broad SMARTS) is 1. The Labute approximate surface area is 507 Å². The summed E-state index contributed by atoms with van der Waals surface area (Å²) in [6.07, 6.45) is 0.677. The highest BCUT2D eigenvalue weighted by atomic mass is 16.6. The first kappa shape index (κ1) is 62.5. The summed E-state index contributed by atoms with van der Waals surface area (Å²) in [4.78, 5) is 88.5. The van der Waals surface area contributed by atoms with E-state index in [1.54, 1.807) is 39.0 Å². The van der Waals surface area contributed by atoms with Crippen LogP contribution in [0.2, 0.25) is 0 Å². The van der Waals surface area contributed by atoms with Gasteiger partial charge in [-0.1, -0.05) is 18.2 Å². The number of hydrogen-bond acceptors (Lipinski definition) is 15. The minimum absolute atomic E-state index is 0.225. The first-order chi connectivity index (χ1) is 41.3. The van der Waals surface area contributed by atoms with E-state index in [4.69, 9.17) is 36.5 Å². The molecule has 0 saturated carbocycles. The number of fused-ring (bicyclic) bond motifs is 6. The van der Waals surface area contributed by atoms with Crippen LogP contribution >= 0.6 is 0 Å². The maximum atomic E-state index is 13.4. The van der Waals surface area contributed by atoms with Gasteiger partial charge in [-0.05, 0) is 157 Å². The maximum Gasteiger partial charge on any atom is 0.410 e. The summed E-state index contributed by atoms with van der Waals surface area (Å²) >= 11 is 0. The number of nitrogens with one attached hydrogen (secondary N) is 4. The highest BCUT2D eigenvalue weighted by Crippen LogP contribution is 2.31. The van der Waals surface area contributed by atoms with E-state index in [1.807, 2.05) is 132 Å². The number of aryl methyl sites for hydroxylation is 3. The largest absolute Gasteiger partial charge is 0.478 e. The van der Waals surface area contributed by atoms with Gasteiger partial charge in [0.1, 0.15) is 34.3 Å². The lowest BCUT2D eigenvalue weighted by molar-refractivity contribution is 0.0209. The molecular formula is C63H77N15O10. The quantitative estimate of drug-likeness (QED) is 0.0762. The second kappa shape index (κ2) is 24.4. The fourth-order valence-corrected chi connectivity index (χ4v) is 10.6. The second-order valence-corrected chi connectivity index (χ2v) is 25.0. The summed E-state index contributed by atoms with van der Waals surface area (Å²) in [5, 5.41) is 26.9. The van der Waals surface area contributed by atoms with E-state index >= 15 is 0 Å². The van der Waals surface area contributed by atoms with Crippen LogP contribution in [0.3, 0.4) is 0 Å². The summed E-state index contributed by atoms with van der Waals surface area (Å²) in [5.74, 6) is -0.250. The van der Waals surface area contributed by atoms with Crippen LogP contribution in [0, 0.1) is 20.8 Å². The molecule has 25 heteroatoms. The van der Waals surface area contributed by atoms with Gasteiger partial charge in [-0.3, -0.25) is 14.7 Å². The third-order valence-corrected chi connectivity index (χ3v) is 14.6. The predicted molar refractivity (Wildman–Crippen MR) is 333 cm³/mol. The Morgan fingerprint density at radius 3 is 1.39 bits per heavy atom. The van der Waals surface area contributed by atoms with Gasteiger partial charge in [0.15, 0.2) is 0 Å². The lowest BCUT2D eigenvalue weighted by atomic mass is 10.1. The molecule has 12 rings (SSSR count). The van der Waals surface area contributed by atoms with Crippen molar-refractivity contribution in [2.24, 2.45) is 0 Å². The number of ether oxygens (including phenoxy) is 3. The van der Waals surface area contributed by atoms with Crippen LogP contribution in [0.15, 0.2) is 72.8 Å². The van der Waals surface area contributed by atoms with Crippen LogP contribution in [0.1, 0.15) is 144 Å². The molecule has 25 nitrogen and oxygen atoms in total. The number of hydrogen-bond donors (Lipinski definition) is 8. The van der Waals surface area contributed by atoms with Crippen LogP contribution in [0.25, 0.3) is 32.7 Å². The third-order valence-electron chi connectivity index (χ3n) is 14.6. The van der Waals surface area contributed by atoms with Crippen LogP contribution in [0.4, 0.5) is 31.8 Å². The Bertz CT molecular complexity index is 4150. The molecule has 3 aliphatic heterocycles. The van der Waals surface area contributed by atoms with Crippen molar-refractivity contribution in [1.82, 2.24) is 59.4 Å². The van der Waals surface area contributed by atoms with Crippen molar-refractivity contribution in [3.63, 3.8) is 0 Å². The Kier molecular flexibility index (Phi) is 17.3. The number of benzene rings is 3. The molecule has 0 bridgehead atoms. The highest BCUT2D eigenvalue weighted by Gasteiger charge is 2.34. The van der Waals surface area contributed by atoms with E-state index in [9.17, 15) is 28.8 Å². The van der Waals surface area contributed by atoms with Crippen molar-refractivity contribution in [2.45, 2.75) is 139 Å². The lowest BCUT2D eigenvalue weighted by Gasteiger charge is -2.30. The number of rotatable bonds is 3. The van der Waals surface area contributed by atoms with Gasteiger partial charge in [0, 0.05) is 86.1 Å². The van der Waals surface area contributed by atoms with Crippen molar-refractivity contribution < 1.29 is 48.1 Å².